The molecule has 3 heteroatoms. The molecule has 0 aromatic carbocycles. The van der Waals surface area contributed by atoms with Gasteiger partial charge in [-0.25, -0.2) is 0 Å². The van der Waals surface area contributed by atoms with Gasteiger partial charge in [-0.3, -0.25) is 0 Å². The Morgan fingerprint density at radius 3 is 2.80 bits per heavy atom. The average molecular weight is 214 g/mol. The lowest BCUT2D eigenvalue weighted by Gasteiger charge is -2.26. The maximum absolute atomic E-state index is 6.12. The van der Waals surface area contributed by atoms with Crippen LogP contribution in [-0.4, -0.2) is 43.8 Å². The van der Waals surface area contributed by atoms with Gasteiger partial charge in [0.25, 0.3) is 0 Å². The Hall–Kier alpha value is -0.120. The smallest absolute Gasteiger partial charge is 0.0702 e. The zero-order valence-corrected chi connectivity index (χ0v) is 10.4. The third-order valence-electron chi connectivity index (χ3n) is 3.44. The quantitative estimate of drug-likeness (QED) is 0.727. The van der Waals surface area contributed by atoms with Gasteiger partial charge in [0.15, 0.2) is 0 Å². The van der Waals surface area contributed by atoms with Crippen molar-refractivity contribution < 1.29 is 4.74 Å². The molecule has 3 nitrogen and oxygen atoms in total. The first-order valence-corrected chi connectivity index (χ1v) is 6.19. The van der Waals surface area contributed by atoms with Gasteiger partial charge in [-0.15, -0.1) is 0 Å². The molecule has 0 bridgehead atoms. The SMILES string of the molecule is CCC(C)C(N)CN(C)CC1CCCO1. The molecule has 0 saturated carbocycles. The fourth-order valence-corrected chi connectivity index (χ4v) is 2.05. The van der Waals surface area contributed by atoms with Crippen molar-refractivity contribution in [3.8, 4) is 0 Å². The molecule has 1 heterocycles. The second kappa shape index (κ2) is 6.46. The normalized spacial score (nSPS) is 25.8. The molecule has 0 aromatic heterocycles. The predicted octanol–water partition coefficient (Wildman–Crippen LogP) is 1.47. The Morgan fingerprint density at radius 2 is 2.27 bits per heavy atom. The summed E-state index contributed by atoms with van der Waals surface area (Å²) in [6.45, 7) is 7.38. The van der Waals surface area contributed by atoms with Crippen LogP contribution in [0.1, 0.15) is 33.1 Å². The third kappa shape index (κ3) is 4.49. The summed E-state index contributed by atoms with van der Waals surface area (Å²) >= 11 is 0. The van der Waals surface area contributed by atoms with Gasteiger partial charge in [0, 0.05) is 25.7 Å². The van der Waals surface area contributed by atoms with E-state index in [0.29, 0.717) is 18.1 Å². The van der Waals surface area contributed by atoms with Crippen LogP contribution in [0.5, 0.6) is 0 Å². The minimum absolute atomic E-state index is 0.293. The zero-order chi connectivity index (χ0) is 11.3. The second-order valence-corrected chi connectivity index (χ2v) is 4.91. The van der Waals surface area contributed by atoms with E-state index in [1.54, 1.807) is 0 Å². The number of nitrogens with two attached hydrogens (primary N) is 1. The fourth-order valence-electron chi connectivity index (χ4n) is 2.05. The van der Waals surface area contributed by atoms with Gasteiger partial charge in [0.1, 0.15) is 0 Å². The van der Waals surface area contributed by atoms with Crippen LogP contribution >= 0.6 is 0 Å². The zero-order valence-electron chi connectivity index (χ0n) is 10.4. The van der Waals surface area contributed by atoms with E-state index in [2.05, 4.69) is 25.8 Å². The minimum Gasteiger partial charge on any atom is -0.377 e. The van der Waals surface area contributed by atoms with E-state index >= 15 is 0 Å². The van der Waals surface area contributed by atoms with Crippen molar-refractivity contribution in [1.82, 2.24) is 4.90 Å². The largest absolute Gasteiger partial charge is 0.377 e. The lowest BCUT2D eigenvalue weighted by Crippen LogP contribution is -2.42. The monoisotopic (exact) mass is 214 g/mol. The van der Waals surface area contributed by atoms with Gasteiger partial charge in [-0.05, 0) is 25.8 Å². The standard InChI is InChI=1S/C12H26N2O/c1-4-10(2)12(13)9-14(3)8-11-6-5-7-15-11/h10-12H,4-9,13H2,1-3H3. The van der Waals surface area contributed by atoms with Gasteiger partial charge < -0.3 is 15.4 Å². The number of hydrogen-bond donors (Lipinski definition) is 1. The highest BCUT2D eigenvalue weighted by atomic mass is 16.5. The molecule has 90 valence electrons. The minimum atomic E-state index is 0.293. The predicted molar refractivity (Wildman–Crippen MR) is 63.9 cm³/mol. The number of rotatable bonds is 6. The average Bonchev–Trinajstić information content (AvgIpc) is 2.68. The molecule has 1 rings (SSSR count). The van der Waals surface area contributed by atoms with E-state index in [0.717, 1.165) is 26.1 Å². The highest BCUT2D eigenvalue weighted by molar-refractivity contribution is 4.75. The van der Waals surface area contributed by atoms with E-state index in [-0.39, 0.29) is 0 Å². The first-order chi connectivity index (χ1) is 7.13. The Bertz CT molecular complexity index is 169. The number of nitrogens with zero attached hydrogens (tertiary/aromatic N) is 1. The van der Waals surface area contributed by atoms with Crippen LogP contribution in [0, 0.1) is 5.92 Å². The Morgan fingerprint density at radius 1 is 1.53 bits per heavy atom. The van der Waals surface area contributed by atoms with Crippen LogP contribution in [0.25, 0.3) is 0 Å². The van der Waals surface area contributed by atoms with Crippen LogP contribution in [0.15, 0.2) is 0 Å². The van der Waals surface area contributed by atoms with Crippen molar-refractivity contribution >= 4 is 0 Å². The molecule has 1 saturated heterocycles. The van der Waals surface area contributed by atoms with Crippen LogP contribution in [0.2, 0.25) is 0 Å². The lowest BCUT2D eigenvalue weighted by atomic mass is 10.00. The first-order valence-electron chi connectivity index (χ1n) is 6.19. The van der Waals surface area contributed by atoms with Crippen molar-refractivity contribution in [1.29, 1.82) is 0 Å². The molecule has 0 amide bonds. The molecule has 2 N–H and O–H groups in total. The molecular weight excluding hydrogens is 188 g/mol. The van der Waals surface area contributed by atoms with Crippen molar-refractivity contribution in [3.63, 3.8) is 0 Å². The van der Waals surface area contributed by atoms with E-state index in [1.807, 2.05) is 0 Å². The topological polar surface area (TPSA) is 38.5 Å². The van der Waals surface area contributed by atoms with Gasteiger partial charge in [0.2, 0.25) is 0 Å². The molecule has 3 unspecified atom stereocenters. The molecular formula is C12H26N2O. The second-order valence-electron chi connectivity index (χ2n) is 4.91. The Kier molecular flexibility index (Phi) is 5.58. The van der Waals surface area contributed by atoms with Crippen LogP contribution in [0.3, 0.4) is 0 Å². The number of likely N-dealkylation sites (N-methyl/N-ethyl adjacent to an activating group) is 1. The maximum atomic E-state index is 6.12. The van der Waals surface area contributed by atoms with Crippen molar-refractivity contribution in [3.05, 3.63) is 0 Å². The summed E-state index contributed by atoms with van der Waals surface area (Å²) in [4.78, 5) is 2.31. The lowest BCUT2D eigenvalue weighted by molar-refractivity contribution is 0.0779. The molecule has 0 radical (unpaired) electrons. The van der Waals surface area contributed by atoms with Crippen molar-refractivity contribution in [2.24, 2.45) is 11.7 Å². The van der Waals surface area contributed by atoms with E-state index in [9.17, 15) is 0 Å². The van der Waals surface area contributed by atoms with Gasteiger partial charge in [0.05, 0.1) is 6.10 Å². The summed E-state index contributed by atoms with van der Waals surface area (Å²) in [5.74, 6) is 0.608. The summed E-state index contributed by atoms with van der Waals surface area (Å²) < 4.78 is 5.61. The first kappa shape index (κ1) is 12.9. The molecule has 3 atom stereocenters. The van der Waals surface area contributed by atoms with Gasteiger partial charge in [-0.2, -0.15) is 0 Å². The molecule has 1 aliphatic rings. The Labute approximate surface area is 94.0 Å². The molecule has 0 spiro atoms. The summed E-state index contributed by atoms with van der Waals surface area (Å²) in [5, 5.41) is 0. The molecule has 0 aliphatic carbocycles. The van der Waals surface area contributed by atoms with E-state index in [1.165, 1.54) is 12.8 Å². The summed E-state index contributed by atoms with van der Waals surface area (Å²) in [6, 6.07) is 0.293. The van der Waals surface area contributed by atoms with Gasteiger partial charge >= 0.3 is 0 Å². The van der Waals surface area contributed by atoms with Crippen LogP contribution in [0.4, 0.5) is 0 Å². The number of ether oxygens (including phenoxy) is 1. The Balaban J connectivity index is 2.19. The molecule has 1 aliphatic heterocycles. The summed E-state index contributed by atoms with van der Waals surface area (Å²) in [7, 11) is 2.14. The molecule has 0 aromatic rings. The van der Waals surface area contributed by atoms with Crippen molar-refractivity contribution in [2.75, 3.05) is 26.7 Å². The summed E-state index contributed by atoms with van der Waals surface area (Å²) in [5.41, 5.74) is 6.12. The molecule has 1 fully saturated rings. The van der Waals surface area contributed by atoms with E-state index in [4.69, 9.17) is 10.5 Å². The molecule has 15 heavy (non-hydrogen) atoms. The van der Waals surface area contributed by atoms with Crippen LogP contribution in [-0.2, 0) is 4.74 Å². The summed E-state index contributed by atoms with van der Waals surface area (Å²) in [6.07, 6.45) is 4.03. The van der Waals surface area contributed by atoms with Gasteiger partial charge in [-0.1, -0.05) is 20.3 Å². The highest BCUT2D eigenvalue weighted by Crippen LogP contribution is 2.13. The fraction of sp³-hybridized carbons (Fsp3) is 1.00. The number of hydrogen-bond acceptors (Lipinski definition) is 3. The van der Waals surface area contributed by atoms with E-state index < -0.39 is 0 Å². The third-order valence-corrected chi connectivity index (χ3v) is 3.44. The maximum Gasteiger partial charge on any atom is 0.0702 e. The highest BCUT2D eigenvalue weighted by Gasteiger charge is 2.19. The van der Waals surface area contributed by atoms with Crippen LogP contribution < -0.4 is 5.73 Å². The van der Waals surface area contributed by atoms with Crippen molar-refractivity contribution in [2.45, 2.75) is 45.3 Å².